The molecule has 1 aliphatic carbocycles. The van der Waals surface area contributed by atoms with E-state index in [-0.39, 0.29) is 17.7 Å². The van der Waals surface area contributed by atoms with Gasteiger partial charge in [0.1, 0.15) is 17.3 Å². The van der Waals surface area contributed by atoms with Crippen LogP contribution < -0.4 is 16.4 Å². The Balaban J connectivity index is 1.77. The molecule has 7 nitrogen and oxygen atoms in total. The van der Waals surface area contributed by atoms with Gasteiger partial charge in [-0.3, -0.25) is 4.90 Å². The van der Waals surface area contributed by atoms with Gasteiger partial charge in [0.2, 0.25) is 11.9 Å². The summed E-state index contributed by atoms with van der Waals surface area (Å²) in [6, 6.07) is 5.04. The van der Waals surface area contributed by atoms with E-state index in [0.717, 1.165) is 37.9 Å². The molecule has 1 spiro atoms. The van der Waals surface area contributed by atoms with Crippen LogP contribution in [0, 0.1) is 12.7 Å². The van der Waals surface area contributed by atoms with Crippen LogP contribution in [0.1, 0.15) is 37.9 Å². The normalized spacial score (nSPS) is 19.4. The summed E-state index contributed by atoms with van der Waals surface area (Å²) in [6.07, 6.45) is 8.20. The molecule has 4 N–H and O–H groups in total. The number of aromatic nitrogens is 2. The zero-order chi connectivity index (χ0) is 18.3. The minimum absolute atomic E-state index is 0.187. The van der Waals surface area contributed by atoms with E-state index >= 15 is 0 Å². The summed E-state index contributed by atoms with van der Waals surface area (Å²) < 4.78 is 16.6. The minimum Gasteiger partial charge on any atom is -0.369 e. The van der Waals surface area contributed by atoms with Gasteiger partial charge < -0.3 is 16.0 Å². The van der Waals surface area contributed by atoms with E-state index < -0.39 is 5.66 Å². The number of guanidine groups is 2. The van der Waals surface area contributed by atoms with Crippen LogP contribution in [-0.2, 0) is 0 Å². The average molecular weight is 355 g/mol. The van der Waals surface area contributed by atoms with Gasteiger partial charge in [-0.2, -0.15) is 4.99 Å². The van der Waals surface area contributed by atoms with E-state index in [0.29, 0.717) is 11.4 Å². The van der Waals surface area contributed by atoms with Gasteiger partial charge in [0.05, 0.1) is 5.69 Å². The Hall–Kier alpha value is -2.90. The van der Waals surface area contributed by atoms with Crippen molar-refractivity contribution in [3.8, 4) is 5.69 Å². The molecule has 0 amide bonds. The summed E-state index contributed by atoms with van der Waals surface area (Å²) in [6.45, 7) is 1.83. The van der Waals surface area contributed by atoms with Gasteiger partial charge in [0, 0.05) is 18.1 Å². The Bertz CT molecular complexity index is 893. The SMILES string of the molecule is Cc1nccn1-c1ccc(N2C(N)=NC(N)=NC23CCCCC3)cc1F. The molecule has 2 aliphatic rings. The van der Waals surface area contributed by atoms with Crippen molar-refractivity contribution < 1.29 is 4.39 Å². The number of halogens is 1. The van der Waals surface area contributed by atoms with E-state index in [4.69, 9.17) is 11.5 Å². The van der Waals surface area contributed by atoms with Crippen LogP contribution in [0.5, 0.6) is 0 Å². The fourth-order valence-corrected chi connectivity index (χ4v) is 3.96. The Labute approximate surface area is 151 Å². The fourth-order valence-electron chi connectivity index (χ4n) is 3.96. The van der Waals surface area contributed by atoms with Crippen molar-refractivity contribution in [2.75, 3.05) is 4.90 Å². The second-order valence-corrected chi connectivity index (χ2v) is 6.80. The number of benzene rings is 1. The van der Waals surface area contributed by atoms with Crippen LogP contribution in [0.4, 0.5) is 10.1 Å². The van der Waals surface area contributed by atoms with Crippen molar-refractivity contribution >= 4 is 17.6 Å². The monoisotopic (exact) mass is 355 g/mol. The number of aliphatic imine (C=N–C) groups is 2. The molecule has 4 rings (SSSR count). The molecule has 26 heavy (non-hydrogen) atoms. The third-order valence-electron chi connectivity index (χ3n) is 5.13. The van der Waals surface area contributed by atoms with E-state index in [2.05, 4.69) is 15.0 Å². The van der Waals surface area contributed by atoms with Gasteiger partial charge in [-0.1, -0.05) is 6.42 Å². The van der Waals surface area contributed by atoms with Gasteiger partial charge in [-0.25, -0.2) is 14.4 Å². The highest BCUT2D eigenvalue weighted by Gasteiger charge is 2.42. The highest BCUT2D eigenvalue weighted by molar-refractivity contribution is 6.05. The Morgan fingerprint density at radius 3 is 2.58 bits per heavy atom. The molecule has 0 radical (unpaired) electrons. The molecule has 0 saturated heterocycles. The molecule has 2 aromatic rings. The molecule has 1 fully saturated rings. The van der Waals surface area contributed by atoms with E-state index in [9.17, 15) is 4.39 Å². The quantitative estimate of drug-likeness (QED) is 0.864. The molecule has 1 aromatic heterocycles. The Morgan fingerprint density at radius 1 is 1.15 bits per heavy atom. The molecule has 136 valence electrons. The molecular formula is C18H22FN7. The molecule has 1 aromatic carbocycles. The maximum absolute atomic E-state index is 14.9. The smallest absolute Gasteiger partial charge is 0.220 e. The van der Waals surface area contributed by atoms with Gasteiger partial charge in [0.25, 0.3) is 0 Å². The van der Waals surface area contributed by atoms with Crippen molar-refractivity contribution in [3.63, 3.8) is 0 Å². The van der Waals surface area contributed by atoms with Gasteiger partial charge in [-0.05, 0) is 50.8 Å². The third kappa shape index (κ3) is 2.61. The molecule has 0 bridgehead atoms. The first-order valence-electron chi connectivity index (χ1n) is 8.80. The van der Waals surface area contributed by atoms with Crippen molar-refractivity contribution in [2.24, 2.45) is 21.5 Å². The summed E-state index contributed by atoms with van der Waals surface area (Å²) in [5.74, 6) is 0.804. The number of nitrogens with two attached hydrogens (primary N) is 2. The largest absolute Gasteiger partial charge is 0.369 e. The van der Waals surface area contributed by atoms with Crippen LogP contribution in [0.3, 0.4) is 0 Å². The molecular weight excluding hydrogens is 333 g/mol. The molecule has 2 heterocycles. The number of rotatable bonds is 2. The maximum atomic E-state index is 14.9. The van der Waals surface area contributed by atoms with Crippen molar-refractivity contribution in [1.82, 2.24) is 9.55 Å². The lowest BCUT2D eigenvalue weighted by Crippen LogP contribution is -2.58. The molecule has 8 heteroatoms. The summed E-state index contributed by atoms with van der Waals surface area (Å²) in [5, 5.41) is 0. The van der Waals surface area contributed by atoms with Gasteiger partial charge in [0.15, 0.2) is 0 Å². The number of nitrogens with zero attached hydrogens (tertiary/aromatic N) is 5. The topological polar surface area (TPSA) is 97.8 Å². The van der Waals surface area contributed by atoms with Crippen LogP contribution in [-0.4, -0.2) is 27.1 Å². The molecule has 1 aliphatic heterocycles. The first kappa shape index (κ1) is 16.6. The first-order chi connectivity index (χ1) is 12.5. The van der Waals surface area contributed by atoms with Crippen LogP contribution in [0.2, 0.25) is 0 Å². The summed E-state index contributed by atoms with van der Waals surface area (Å²) in [5.41, 5.74) is 12.6. The lowest BCUT2D eigenvalue weighted by Gasteiger charge is -2.45. The van der Waals surface area contributed by atoms with Crippen molar-refractivity contribution in [3.05, 3.63) is 42.2 Å². The summed E-state index contributed by atoms with van der Waals surface area (Å²) in [4.78, 5) is 14.7. The Kier molecular flexibility index (Phi) is 3.90. The van der Waals surface area contributed by atoms with Crippen molar-refractivity contribution in [1.29, 1.82) is 0 Å². The molecule has 1 saturated carbocycles. The van der Waals surface area contributed by atoms with Crippen LogP contribution >= 0.6 is 0 Å². The number of imidazole rings is 1. The average Bonchev–Trinajstić information content (AvgIpc) is 3.01. The summed E-state index contributed by atoms with van der Waals surface area (Å²) >= 11 is 0. The second-order valence-electron chi connectivity index (χ2n) is 6.80. The zero-order valence-electron chi connectivity index (χ0n) is 14.7. The maximum Gasteiger partial charge on any atom is 0.220 e. The Morgan fingerprint density at radius 2 is 1.92 bits per heavy atom. The standard InChI is InChI=1S/C18H22FN7/c1-12-22-9-10-25(12)15-6-5-13(11-14(15)19)26-17(21)23-16(20)24-18(26)7-3-2-4-8-18/h5-6,9-11H,2-4,7-8H2,1H3,(H4,20,21,23,24). The van der Waals surface area contributed by atoms with E-state index in [1.807, 2.05) is 17.9 Å². The fraction of sp³-hybridized carbons (Fsp3) is 0.389. The minimum atomic E-state index is -0.576. The lowest BCUT2D eigenvalue weighted by atomic mass is 9.87. The second kappa shape index (κ2) is 6.12. The summed E-state index contributed by atoms with van der Waals surface area (Å²) in [7, 11) is 0. The lowest BCUT2D eigenvalue weighted by molar-refractivity contribution is 0.305. The van der Waals surface area contributed by atoms with E-state index in [1.54, 1.807) is 23.0 Å². The molecule has 0 unspecified atom stereocenters. The predicted molar refractivity (Wildman–Crippen MR) is 99.8 cm³/mol. The highest BCUT2D eigenvalue weighted by atomic mass is 19.1. The van der Waals surface area contributed by atoms with Crippen molar-refractivity contribution in [2.45, 2.75) is 44.7 Å². The van der Waals surface area contributed by atoms with E-state index in [1.165, 1.54) is 6.07 Å². The van der Waals surface area contributed by atoms with Crippen LogP contribution in [0.15, 0.2) is 40.6 Å². The van der Waals surface area contributed by atoms with Gasteiger partial charge >= 0.3 is 0 Å². The van der Waals surface area contributed by atoms with Gasteiger partial charge in [-0.15, -0.1) is 0 Å². The number of aryl methyl sites for hydroxylation is 1. The number of hydrogen-bond donors (Lipinski definition) is 2. The third-order valence-corrected chi connectivity index (χ3v) is 5.13. The highest BCUT2D eigenvalue weighted by Crippen LogP contribution is 2.39. The van der Waals surface area contributed by atoms with Crippen LogP contribution in [0.25, 0.3) is 5.69 Å². The number of hydrogen-bond acceptors (Lipinski definition) is 6. The number of anilines is 1. The predicted octanol–water partition coefficient (Wildman–Crippen LogP) is 2.43. The molecule has 0 atom stereocenters. The first-order valence-corrected chi connectivity index (χ1v) is 8.80. The zero-order valence-corrected chi connectivity index (χ0v) is 14.7.